The molecule has 0 spiro atoms. The van der Waals surface area contributed by atoms with Gasteiger partial charge >= 0.3 is 5.63 Å². The second-order valence-electron chi connectivity index (χ2n) is 5.67. The molecule has 0 amide bonds. The average Bonchev–Trinajstić information content (AvgIpc) is 2.59. The Labute approximate surface area is 140 Å². The summed E-state index contributed by atoms with van der Waals surface area (Å²) in [6.45, 7) is 0. The second-order valence-corrected chi connectivity index (χ2v) is 5.67. The summed E-state index contributed by atoms with van der Waals surface area (Å²) in [5.74, 6) is 0.722. The molecule has 0 unspecified atom stereocenters. The number of rotatable bonds is 4. The molecule has 3 aromatic rings. The predicted octanol–water partition coefficient (Wildman–Crippen LogP) is 4.04. The van der Waals surface area contributed by atoms with Gasteiger partial charge in [0.05, 0.1) is 7.11 Å². The summed E-state index contributed by atoms with van der Waals surface area (Å²) < 4.78 is 10.5. The van der Waals surface area contributed by atoms with Crippen molar-refractivity contribution in [3.8, 4) is 5.75 Å². The van der Waals surface area contributed by atoms with Crippen molar-refractivity contribution < 1.29 is 9.15 Å². The molecule has 4 heteroatoms. The van der Waals surface area contributed by atoms with E-state index in [-0.39, 0.29) is 5.63 Å². The number of anilines is 1. The molecule has 0 bridgehead atoms. The largest absolute Gasteiger partial charge is 0.497 e. The zero-order valence-electron chi connectivity index (χ0n) is 13.9. The van der Waals surface area contributed by atoms with Crippen molar-refractivity contribution in [1.29, 1.82) is 0 Å². The number of fused-ring (bicyclic) bond motifs is 1. The first-order valence-corrected chi connectivity index (χ1v) is 7.65. The molecule has 0 fully saturated rings. The highest BCUT2D eigenvalue weighted by atomic mass is 16.5. The van der Waals surface area contributed by atoms with Crippen LogP contribution >= 0.6 is 0 Å². The number of benzene rings is 2. The molecule has 2 aromatic carbocycles. The number of ether oxygens (including phenoxy) is 1. The van der Waals surface area contributed by atoms with Crippen LogP contribution in [0.4, 0.5) is 5.69 Å². The van der Waals surface area contributed by atoms with E-state index in [2.05, 4.69) is 11.0 Å². The van der Waals surface area contributed by atoms with E-state index in [0.29, 0.717) is 5.58 Å². The Bertz CT molecular complexity index is 955. The molecule has 1 heterocycles. The Morgan fingerprint density at radius 3 is 2.50 bits per heavy atom. The Hall–Kier alpha value is -3.01. The third kappa shape index (κ3) is 3.18. The van der Waals surface area contributed by atoms with Crippen LogP contribution in [0.1, 0.15) is 11.1 Å². The van der Waals surface area contributed by atoms with Gasteiger partial charge in [0, 0.05) is 31.2 Å². The third-order valence-electron chi connectivity index (χ3n) is 3.84. The summed E-state index contributed by atoms with van der Waals surface area (Å²) in [5, 5.41) is 0.840. The summed E-state index contributed by atoms with van der Waals surface area (Å²) in [6, 6.07) is 15.0. The first-order chi connectivity index (χ1) is 11.6. The fourth-order valence-corrected chi connectivity index (χ4v) is 2.65. The summed E-state index contributed by atoms with van der Waals surface area (Å²) in [4.78, 5) is 13.9. The molecule has 0 saturated heterocycles. The van der Waals surface area contributed by atoms with E-state index in [9.17, 15) is 4.79 Å². The van der Waals surface area contributed by atoms with E-state index in [1.54, 1.807) is 19.2 Å². The lowest BCUT2D eigenvalue weighted by Gasteiger charge is -2.15. The molecule has 0 N–H and O–H groups in total. The molecule has 0 atom stereocenters. The molecule has 24 heavy (non-hydrogen) atoms. The van der Waals surface area contributed by atoms with Crippen molar-refractivity contribution in [2.75, 3.05) is 26.1 Å². The van der Waals surface area contributed by atoms with Crippen molar-refractivity contribution in [2.45, 2.75) is 0 Å². The number of hydrogen-bond donors (Lipinski definition) is 0. The van der Waals surface area contributed by atoms with Crippen molar-refractivity contribution >= 4 is 28.8 Å². The second kappa shape index (κ2) is 6.62. The zero-order valence-corrected chi connectivity index (χ0v) is 13.9. The molecule has 1 aromatic heterocycles. The molecule has 0 radical (unpaired) electrons. The van der Waals surface area contributed by atoms with Gasteiger partial charge in [-0.15, -0.1) is 0 Å². The first kappa shape index (κ1) is 15.9. The number of nitrogens with zero attached hydrogens (tertiary/aromatic N) is 1. The Kier molecular flexibility index (Phi) is 4.38. The van der Waals surface area contributed by atoms with Gasteiger partial charge in [0.25, 0.3) is 0 Å². The van der Waals surface area contributed by atoms with Crippen molar-refractivity contribution in [2.24, 2.45) is 0 Å². The first-order valence-electron chi connectivity index (χ1n) is 7.65. The fourth-order valence-electron chi connectivity index (χ4n) is 2.65. The number of hydrogen-bond acceptors (Lipinski definition) is 4. The minimum atomic E-state index is -0.367. The molecule has 0 aliphatic carbocycles. The Balaban J connectivity index is 2.11. The summed E-state index contributed by atoms with van der Waals surface area (Å²) in [7, 11) is 5.62. The molecule has 0 saturated carbocycles. The molecule has 3 rings (SSSR count). The SMILES string of the molecule is COc1ccc2oc(=O)cc(/C=C/c3ccccc3N(C)C)c2c1. The van der Waals surface area contributed by atoms with Gasteiger partial charge in [0.2, 0.25) is 0 Å². The van der Waals surface area contributed by atoms with Crippen LogP contribution < -0.4 is 15.3 Å². The summed E-state index contributed by atoms with van der Waals surface area (Å²) in [5.41, 5.74) is 3.16. The van der Waals surface area contributed by atoms with Crippen LogP contribution in [0.15, 0.2) is 57.7 Å². The zero-order chi connectivity index (χ0) is 17.1. The number of methoxy groups -OCH3 is 1. The minimum absolute atomic E-state index is 0.367. The maximum absolute atomic E-state index is 11.8. The van der Waals surface area contributed by atoms with Gasteiger partial charge in [-0.05, 0) is 35.4 Å². The van der Waals surface area contributed by atoms with Crippen LogP contribution in [0.3, 0.4) is 0 Å². The minimum Gasteiger partial charge on any atom is -0.497 e. The molecular formula is C20H19NO3. The molecule has 122 valence electrons. The van der Waals surface area contributed by atoms with Crippen molar-refractivity contribution in [3.05, 3.63) is 70.1 Å². The van der Waals surface area contributed by atoms with Gasteiger partial charge in [-0.1, -0.05) is 30.4 Å². The maximum atomic E-state index is 11.8. The smallest absolute Gasteiger partial charge is 0.336 e. The van der Waals surface area contributed by atoms with Crippen LogP contribution in [-0.2, 0) is 0 Å². The van der Waals surface area contributed by atoms with Gasteiger partial charge in [-0.3, -0.25) is 0 Å². The average molecular weight is 321 g/mol. The van der Waals surface area contributed by atoms with E-state index < -0.39 is 0 Å². The van der Waals surface area contributed by atoms with Gasteiger partial charge in [-0.25, -0.2) is 4.79 Å². The van der Waals surface area contributed by atoms with Crippen molar-refractivity contribution in [1.82, 2.24) is 0 Å². The van der Waals surface area contributed by atoms with Crippen LogP contribution in [0.25, 0.3) is 23.1 Å². The van der Waals surface area contributed by atoms with Gasteiger partial charge in [0.1, 0.15) is 11.3 Å². The van der Waals surface area contributed by atoms with E-state index in [0.717, 1.165) is 28.0 Å². The molecule has 0 aliphatic heterocycles. The third-order valence-corrected chi connectivity index (χ3v) is 3.84. The van der Waals surface area contributed by atoms with Gasteiger partial charge in [-0.2, -0.15) is 0 Å². The van der Waals surface area contributed by atoms with Crippen LogP contribution in [0.5, 0.6) is 5.75 Å². The van der Waals surface area contributed by atoms with E-state index in [1.165, 1.54) is 6.07 Å². The van der Waals surface area contributed by atoms with E-state index in [1.807, 2.05) is 50.5 Å². The highest BCUT2D eigenvalue weighted by molar-refractivity contribution is 5.91. The predicted molar refractivity (Wildman–Crippen MR) is 98.7 cm³/mol. The molecule has 4 nitrogen and oxygen atoms in total. The van der Waals surface area contributed by atoms with Crippen LogP contribution in [-0.4, -0.2) is 21.2 Å². The van der Waals surface area contributed by atoms with Gasteiger partial charge in [0.15, 0.2) is 0 Å². The lowest BCUT2D eigenvalue weighted by Crippen LogP contribution is -2.09. The standard InChI is InChI=1S/C20H19NO3/c1-21(2)18-7-5-4-6-14(18)8-9-15-12-20(22)24-19-11-10-16(23-3)13-17(15)19/h4-13H,1-3H3/b9-8+. The maximum Gasteiger partial charge on any atom is 0.336 e. The summed E-state index contributed by atoms with van der Waals surface area (Å²) in [6.07, 6.45) is 3.93. The molecular weight excluding hydrogens is 302 g/mol. The normalized spacial score (nSPS) is 11.1. The highest BCUT2D eigenvalue weighted by Crippen LogP contribution is 2.25. The topological polar surface area (TPSA) is 42.7 Å². The Morgan fingerprint density at radius 1 is 1.00 bits per heavy atom. The monoisotopic (exact) mass is 321 g/mol. The Morgan fingerprint density at radius 2 is 1.75 bits per heavy atom. The van der Waals surface area contributed by atoms with Gasteiger partial charge < -0.3 is 14.1 Å². The summed E-state index contributed by atoms with van der Waals surface area (Å²) >= 11 is 0. The van der Waals surface area contributed by atoms with Crippen LogP contribution in [0.2, 0.25) is 0 Å². The van der Waals surface area contributed by atoms with Crippen molar-refractivity contribution in [3.63, 3.8) is 0 Å². The highest BCUT2D eigenvalue weighted by Gasteiger charge is 2.06. The number of para-hydroxylation sites is 1. The lowest BCUT2D eigenvalue weighted by molar-refractivity contribution is 0.415. The van der Waals surface area contributed by atoms with Crippen LogP contribution in [0, 0.1) is 0 Å². The fraction of sp³-hybridized carbons (Fsp3) is 0.150. The van der Waals surface area contributed by atoms with E-state index in [4.69, 9.17) is 9.15 Å². The molecule has 0 aliphatic rings. The lowest BCUT2D eigenvalue weighted by atomic mass is 10.1. The van der Waals surface area contributed by atoms with E-state index >= 15 is 0 Å². The quantitative estimate of drug-likeness (QED) is 0.680.